The van der Waals surface area contributed by atoms with Gasteiger partial charge in [-0.25, -0.2) is 0 Å². The summed E-state index contributed by atoms with van der Waals surface area (Å²) >= 11 is 5.78. The Morgan fingerprint density at radius 2 is 2.12 bits per heavy atom. The lowest BCUT2D eigenvalue weighted by molar-refractivity contribution is -0.175. The normalized spacial score (nSPS) is 22.4. The fourth-order valence-electron chi connectivity index (χ4n) is 1.82. The van der Waals surface area contributed by atoms with E-state index in [0.717, 1.165) is 31.4 Å². The molecule has 2 atom stereocenters. The SMILES string of the molecule is OC(COC1CCCCO1)c1ccc(Cl)cc1. The first kappa shape index (κ1) is 12.8. The number of rotatable bonds is 4. The average Bonchev–Trinajstić information content (AvgIpc) is 2.38. The summed E-state index contributed by atoms with van der Waals surface area (Å²) in [5, 5.41) is 10.6. The number of hydrogen-bond acceptors (Lipinski definition) is 3. The summed E-state index contributed by atoms with van der Waals surface area (Å²) in [6.07, 6.45) is 2.35. The van der Waals surface area contributed by atoms with Gasteiger partial charge in [-0.2, -0.15) is 0 Å². The van der Waals surface area contributed by atoms with Crippen molar-refractivity contribution in [1.82, 2.24) is 0 Å². The Balaban J connectivity index is 1.80. The van der Waals surface area contributed by atoms with Crippen LogP contribution in [0.3, 0.4) is 0 Å². The Morgan fingerprint density at radius 3 is 2.76 bits per heavy atom. The van der Waals surface area contributed by atoms with Crippen LogP contribution in [0.4, 0.5) is 0 Å². The zero-order valence-electron chi connectivity index (χ0n) is 9.64. The Labute approximate surface area is 106 Å². The molecule has 3 nitrogen and oxygen atoms in total. The molecule has 2 rings (SSSR count). The van der Waals surface area contributed by atoms with E-state index in [1.807, 2.05) is 0 Å². The highest BCUT2D eigenvalue weighted by molar-refractivity contribution is 6.30. The topological polar surface area (TPSA) is 38.7 Å². The van der Waals surface area contributed by atoms with Crippen molar-refractivity contribution in [3.63, 3.8) is 0 Å². The fourth-order valence-corrected chi connectivity index (χ4v) is 1.95. The summed E-state index contributed by atoms with van der Waals surface area (Å²) in [7, 11) is 0. The molecule has 0 radical (unpaired) electrons. The Bertz CT molecular complexity index is 333. The summed E-state index contributed by atoms with van der Waals surface area (Å²) in [6.45, 7) is 1.01. The van der Waals surface area contributed by atoms with Crippen molar-refractivity contribution in [3.05, 3.63) is 34.9 Å². The predicted octanol–water partition coefficient (Wildman–Crippen LogP) is 2.92. The first-order valence-corrected chi connectivity index (χ1v) is 6.30. The predicted molar refractivity (Wildman–Crippen MR) is 66.0 cm³/mol. The minimum absolute atomic E-state index is 0.161. The van der Waals surface area contributed by atoms with Gasteiger partial charge in [-0.1, -0.05) is 23.7 Å². The lowest BCUT2D eigenvalue weighted by Crippen LogP contribution is -2.24. The molecule has 0 bridgehead atoms. The van der Waals surface area contributed by atoms with Gasteiger partial charge in [-0.05, 0) is 37.0 Å². The van der Waals surface area contributed by atoms with E-state index in [4.69, 9.17) is 21.1 Å². The molecule has 1 aromatic rings. The van der Waals surface area contributed by atoms with Crippen LogP contribution in [0.15, 0.2) is 24.3 Å². The summed E-state index contributed by atoms with van der Waals surface area (Å²) in [5.74, 6) is 0. The average molecular weight is 257 g/mol. The van der Waals surface area contributed by atoms with Crippen LogP contribution in [0.5, 0.6) is 0 Å². The number of benzene rings is 1. The van der Waals surface area contributed by atoms with Crippen molar-refractivity contribution < 1.29 is 14.6 Å². The summed E-state index contributed by atoms with van der Waals surface area (Å²) in [5.41, 5.74) is 0.810. The molecule has 94 valence electrons. The van der Waals surface area contributed by atoms with Gasteiger partial charge in [0.15, 0.2) is 6.29 Å². The highest BCUT2D eigenvalue weighted by Crippen LogP contribution is 2.19. The second-order valence-electron chi connectivity index (χ2n) is 4.20. The molecule has 1 saturated heterocycles. The fraction of sp³-hybridized carbons (Fsp3) is 0.538. The maximum absolute atomic E-state index is 9.92. The molecule has 2 unspecified atom stereocenters. The maximum Gasteiger partial charge on any atom is 0.157 e. The van der Waals surface area contributed by atoms with Crippen molar-refractivity contribution in [2.45, 2.75) is 31.7 Å². The summed E-state index contributed by atoms with van der Waals surface area (Å²) < 4.78 is 11.0. The van der Waals surface area contributed by atoms with Gasteiger partial charge in [-0.3, -0.25) is 0 Å². The first-order valence-electron chi connectivity index (χ1n) is 5.92. The van der Waals surface area contributed by atoms with Gasteiger partial charge >= 0.3 is 0 Å². The van der Waals surface area contributed by atoms with Gasteiger partial charge < -0.3 is 14.6 Å². The number of ether oxygens (including phenoxy) is 2. The van der Waals surface area contributed by atoms with Crippen LogP contribution in [-0.4, -0.2) is 24.6 Å². The van der Waals surface area contributed by atoms with E-state index in [2.05, 4.69) is 0 Å². The molecule has 0 aliphatic carbocycles. The molecule has 0 aromatic heterocycles. The molecule has 0 spiro atoms. The highest BCUT2D eigenvalue weighted by atomic mass is 35.5. The van der Waals surface area contributed by atoms with E-state index in [9.17, 15) is 5.11 Å². The van der Waals surface area contributed by atoms with Gasteiger partial charge in [0.25, 0.3) is 0 Å². The largest absolute Gasteiger partial charge is 0.386 e. The standard InChI is InChI=1S/C13H17ClO3/c14-11-6-4-10(5-7-11)12(15)9-17-13-3-1-2-8-16-13/h4-7,12-13,15H,1-3,8-9H2. The van der Waals surface area contributed by atoms with E-state index in [0.29, 0.717) is 5.02 Å². The zero-order chi connectivity index (χ0) is 12.1. The molecular weight excluding hydrogens is 240 g/mol. The van der Waals surface area contributed by atoms with Crippen LogP contribution >= 0.6 is 11.6 Å². The molecule has 1 N–H and O–H groups in total. The van der Waals surface area contributed by atoms with E-state index in [1.54, 1.807) is 24.3 Å². The molecule has 4 heteroatoms. The molecule has 1 aromatic carbocycles. The first-order chi connectivity index (χ1) is 8.25. The van der Waals surface area contributed by atoms with Crippen molar-refractivity contribution in [3.8, 4) is 0 Å². The van der Waals surface area contributed by atoms with Crippen LogP contribution in [0.1, 0.15) is 30.9 Å². The zero-order valence-corrected chi connectivity index (χ0v) is 10.4. The molecule has 1 heterocycles. The lowest BCUT2D eigenvalue weighted by atomic mass is 10.1. The van der Waals surface area contributed by atoms with E-state index in [1.165, 1.54) is 0 Å². The number of aliphatic hydroxyl groups excluding tert-OH is 1. The van der Waals surface area contributed by atoms with Crippen LogP contribution in [-0.2, 0) is 9.47 Å². The highest BCUT2D eigenvalue weighted by Gasteiger charge is 2.16. The lowest BCUT2D eigenvalue weighted by Gasteiger charge is -2.24. The van der Waals surface area contributed by atoms with Gasteiger partial charge in [-0.15, -0.1) is 0 Å². The molecule has 0 amide bonds. The summed E-state index contributed by atoms with van der Waals surface area (Å²) in [6, 6.07) is 7.13. The van der Waals surface area contributed by atoms with Crippen molar-refractivity contribution in [2.24, 2.45) is 0 Å². The molecule has 1 aliphatic heterocycles. The number of hydrogen-bond donors (Lipinski definition) is 1. The van der Waals surface area contributed by atoms with Crippen LogP contribution in [0, 0.1) is 0 Å². The number of halogens is 1. The second kappa shape index (κ2) is 6.36. The Kier molecular flexibility index (Phi) is 4.80. The van der Waals surface area contributed by atoms with Crippen LogP contribution < -0.4 is 0 Å². The smallest absolute Gasteiger partial charge is 0.157 e. The van der Waals surface area contributed by atoms with Crippen molar-refractivity contribution >= 4 is 11.6 Å². The maximum atomic E-state index is 9.92. The molecule has 1 fully saturated rings. The van der Waals surface area contributed by atoms with E-state index in [-0.39, 0.29) is 12.9 Å². The Hall–Kier alpha value is -0.610. The molecular formula is C13H17ClO3. The third-order valence-corrected chi connectivity index (χ3v) is 3.08. The Morgan fingerprint density at radius 1 is 1.35 bits per heavy atom. The molecule has 17 heavy (non-hydrogen) atoms. The van der Waals surface area contributed by atoms with Gasteiger partial charge in [0.05, 0.1) is 6.61 Å². The van der Waals surface area contributed by atoms with Gasteiger partial charge in [0.2, 0.25) is 0 Å². The van der Waals surface area contributed by atoms with E-state index < -0.39 is 6.10 Å². The third-order valence-electron chi connectivity index (χ3n) is 2.83. The van der Waals surface area contributed by atoms with Gasteiger partial charge in [0, 0.05) is 11.6 Å². The monoisotopic (exact) mass is 256 g/mol. The van der Waals surface area contributed by atoms with E-state index >= 15 is 0 Å². The molecule has 1 aliphatic rings. The minimum Gasteiger partial charge on any atom is -0.386 e. The third kappa shape index (κ3) is 3.96. The van der Waals surface area contributed by atoms with Crippen molar-refractivity contribution in [2.75, 3.05) is 13.2 Å². The molecule has 0 saturated carbocycles. The second-order valence-corrected chi connectivity index (χ2v) is 4.63. The minimum atomic E-state index is -0.627. The number of aliphatic hydroxyl groups is 1. The van der Waals surface area contributed by atoms with Crippen LogP contribution in [0.25, 0.3) is 0 Å². The summed E-state index contributed by atoms with van der Waals surface area (Å²) in [4.78, 5) is 0. The van der Waals surface area contributed by atoms with Crippen molar-refractivity contribution in [1.29, 1.82) is 0 Å². The van der Waals surface area contributed by atoms with Gasteiger partial charge in [0.1, 0.15) is 6.10 Å². The van der Waals surface area contributed by atoms with Crippen LogP contribution in [0.2, 0.25) is 5.02 Å². The quantitative estimate of drug-likeness (QED) is 0.900.